The molecule has 38 valence electrons. The molecule has 0 aromatic carbocycles. The Morgan fingerprint density at radius 1 is 1.83 bits per heavy atom. The van der Waals surface area contributed by atoms with Gasteiger partial charge < -0.3 is 5.73 Å². The van der Waals surface area contributed by atoms with E-state index in [0.29, 0.717) is 6.67 Å². The molecule has 0 bridgehead atoms. The zero-order valence-corrected chi connectivity index (χ0v) is 4.72. The van der Waals surface area contributed by atoms with Crippen molar-refractivity contribution in [1.82, 2.24) is 5.32 Å². The van der Waals surface area contributed by atoms with E-state index in [0.717, 1.165) is 5.88 Å². The van der Waals surface area contributed by atoms with Gasteiger partial charge >= 0.3 is 0 Å². The van der Waals surface area contributed by atoms with Crippen molar-refractivity contribution in [3.05, 3.63) is 0 Å². The molecule has 6 heavy (non-hydrogen) atoms. The fraction of sp³-hybridized carbons (Fsp3) is 1.00. The molecule has 0 aromatic rings. The molecule has 0 aromatic heterocycles. The molecule has 0 rings (SSSR count). The largest absolute Gasteiger partial charge is 0.318 e. The van der Waals surface area contributed by atoms with Crippen LogP contribution in [-0.4, -0.2) is 18.8 Å². The van der Waals surface area contributed by atoms with Gasteiger partial charge in [0.25, 0.3) is 0 Å². The van der Waals surface area contributed by atoms with E-state index in [1.165, 1.54) is 0 Å². The van der Waals surface area contributed by atoms with E-state index in [9.17, 15) is 0 Å². The molecule has 0 heterocycles. The number of hydrogen-bond donors (Lipinski definition) is 2. The van der Waals surface area contributed by atoms with Gasteiger partial charge in [0.2, 0.25) is 0 Å². The highest BCUT2D eigenvalue weighted by Crippen LogP contribution is 1.81. The van der Waals surface area contributed by atoms with Crippen LogP contribution in [0, 0.1) is 0 Å². The fourth-order valence-electron chi connectivity index (χ4n) is 0.161. The first-order chi connectivity index (χ1) is 2.91. The van der Waals surface area contributed by atoms with Crippen molar-refractivity contribution in [1.29, 1.82) is 0 Å². The van der Waals surface area contributed by atoms with Crippen LogP contribution >= 0.6 is 11.8 Å². The van der Waals surface area contributed by atoms with Crippen LogP contribution in [0.1, 0.15) is 0 Å². The molecule has 0 unspecified atom stereocenters. The maximum absolute atomic E-state index is 5.09. The van der Waals surface area contributed by atoms with Crippen LogP contribution in [0.15, 0.2) is 0 Å². The SMILES string of the molecule is CSCNCN. The summed E-state index contributed by atoms with van der Waals surface area (Å²) in [5, 5.41) is 2.94. The van der Waals surface area contributed by atoms with Crippen molar-refractivity contribution in [3.63, 3.8) is 0 Å². The van der Waals surface area contributed by atoms with E-state index in [2.05, 4.69) is 5.32 Å². The van der Waals surface area contributed by atoms with Gasteiger partial charge in [-0.1, -0.05) is 0 Å². The molecule has 2 nitrogen and oxygen atoms in total. The maximum Gasteiger partial charge on any atom is 0.0435 e. The summed E-state index contributed by atoms with van der Waals surface area (Å²) in [7, 11) is 0. The van der Waals surface area contributed by atoms with Gasteiger partial charge in [-0.15, -0.1) is 11.8 Å². The minimum Gasteiger partial charge on any atom is -0.318 e. The second-order valence-electron chi connectivity index (χ2n) is 0.887. The van der Waals surface area contributed by atoms with Gasteiger partial charge in [-0.3, -0.25) is 5.32 Å². The molecule has 0 aliphatic carbocycles. The summed E-state index contributed by atoms with van der Waals surface area (Å²) >= 11 is 1.74. The predicted octanol–water partition coefficient (Wildman–Crippen LogP) is -0.187. The maximum atomic E-state index is 5.09. The zero-order valence-electron chi connectivity index (χ0n) is 3.90. The zero-order chi connectivity index (χ0) is 4.83. The highest BCUT2D eigenvalue weighted by Gasteiger charge is 1.71. The van der Waals surface area contributed by atoms with Crippen LogP contribution in [0.25, 0.3) is 0 Å². The van der Waals surface area contributed by atoms with E-state index in [4.69, 9.17) is 5.73 Å². The Morgan fingerprint density at radius 3 is 2.67 bits per heavy atom. The Balaban J connectivity index is 2.34. The second kappa shape index (κ2) is 5.27. The first kappa shape index (κ1) is 6.27. The summed E-state index contributed by atoms with van der Waals surface area (Å²) in [5.41, 5.74) is 5.09. The molecule has 0 spiro atoms. The third-order valence-electron chi connectivity index (χ3n) is 0.391. The first-order valence-electron chi connectivity index (χ1n) is 1.81. The van der Waals surface area contributed by atoms with Crippen LogP contribution in [-0.2, 0) is 0 Å². The fourth-order valence-corrected chi connectivity index (χ4v) is 0.483. The molecule has 0 saturated heterocycles. The quantitative estimate of drug-likeness (QED) is 0.387. The summed E-state index contributed by atoms with van der Waals surface area (Å²) in [5.74, 6) is 0.955. The van der Waals surface area contributed by atoms with E-state index in [1.807, 2.05) is 6.26 Å². The number of hydrogen-bond acceptors (Lipinski definition) is 3. The molecule has 0 amide bonds. The molecule has 0 aliphatic heterocycles. The smallest absolute Gasteiger partial charge is 0.0435 e. The van der Waals surface area contributed by atoms with Gasteiger partial charge in [-0.05, 0) is 6.26 Å². The van der Waals surface area contributed by atoms with Crippen molar-refractivity contribution < 1.29 is 0 Å². The Morgan fingerprint density at radius 2 is 2.50 bits per heavy atom. The average Bonchev–Trinajstić information content (AvgIpc) is 1.61. The number of rotatable bonds is 3. The summed E-state index contributed by atoms with van der Waals surface area (Å²) in [6.07, 6.45) is 2.03. The predicted molar refractivity (Wildman–Crippen MR) is 30.6 cm³/mol. The van der Waals surface area contributed by atoms with Crippen molar-refractivity contribution in [2.24, 2.45) is 5.73 Å². The molecular formula is C3H10N2S. The van der Waals surface area contributed by atoms with Gasteiger partial charge in [0, 0.05) is 12.5 Å². The number of nitrogens with two attached hydrogens (primary N) is 1. The van der Waals surface area contributed by atoms with Gasteiger partial charge in [0.1, 0.15) is 0 Å². The Labute approximate surface area is 42.5 Å². The van der Waals surface area contributed by atoms with E-state index < -0.39 is 0 Å². The van der Waals surface area contributed by atoms with E-state index in [1.54, 1.807) is 11.8 Å². The summed E-state index contributed by atoms with van der Waals surface area (Å²) in [4.78, 5) is 0. The minimum absolute atomic E-state index is 0.584. The van der Waals surface area contributed by atoms with Gasteiger partial charge in [0.05, 0.1) is 0 Å². The monoisotopic (exact) mass is 106 g/mol. The molecule has 3 N–H and O–H groups in total. The molecule has 0 radical (unpaired) electrons. The Bertz CT molecular complexity index is 20.8. The molecule has 0 fully saturated rings. The lowest BCUT2D eigenvalue weighted by molar-refractivity contribution is 0.813. The molecule has 3 heteroatoms. The lowest BCUT2D eigenvalue weighted by Crippen LogP contribution is -2.21. The van der Waals surface area contributed by atoms with Crippen LogP contribution < -0.4 is 11.1 Å². The Kier molecular flexibility index (Phi) is 5.51. The van der Waals surface area contributed by atoms with Crippen molar-refractivity contribution >= 4 is 11.8 Å². The average molecular weight is 106 g/mol. The topological polar surface area (TPSA) is 38.0 Å². The third kappa shape index (κ3) is 4.27. The second-order valence-corrected chi connectivity index (χ2v) is 1.75. The van der Waals surface area contributed by atoms with Crippen LogP contribution in [0.4, 0.5) is 0 Å². The third-order valence-corrected chi connectivity index (χ3v) is 0.884. The van der Waals surface area contributed by atoms with Gasteiger partial charge in [0.15, 0.2) is 0 Å². The van der Waals surface area contributed by atoms with E-state index in [-0.39, 0.29) is 0 Å². The van der Waals surface area contributed by atoms with Crippen molar-refractivity contribution in [3.8, 4) is 0 Å². The van der Waals surface area contributed by atoms with Crippen LogP contribution in [0.3, 0.4) is 0 Å². The number of thioether (sulfide) groups is 1. The summed E-state index contributed by atoms with van der Waals surface area (Å²) in [6, 6.07) is 0. The molecule has 0 aliphatic rings. The lowest BCUT2D eigenvalue weighted by Gasteiger charge is -1.91. The Hall–Kier alpha value is 0.270. The van der Waals surface area contributed by atoms with Crippen molar-refractivity contribution in [2.45, 2.75) is 0 Å². The molecular weight excluding hydrogens is 96.1 g/mol. The number of nitrogens with one attached hydrogen (secondary N) is 1. The first-order valence-corrected chi connectivity index (χ1v) is 3.21. The van der Waals surface area contributed by atoms with E-state index >= 15 is 0 Å². The standard InChI is InChI=1S/C3H10N2S/c1-6-3-5-2-4/h5H,2-4H2,1H3. The minimum atomic E-state index is 0.584. The normalized spacial score (nSPS) is 9.00. The van der Waals surface area contributed by atoms with Gasteiger partial charge in [-0.25, -0.2) is 0 Å². The highest BCUT2D eigenvalue weighted by atomic mass is 32.2. The molecule has 0 atom stereocenters. The summed E-state index contributed by atoms with van der Waals surface area (Å²) < 4.78 is 0. The van der Waals surface area contributed by atoms with Crippen LogP contribution in [0.2, 0.25) is 0 Å². The summed E-state index contributed by atoms with van der Waals surface area (Å²) in [6.45, 7) is 0.584. The van der Waals surface area contributed by atoms with Gasteiger partial charge in [-0.2, -0.15) is 0 Å². The highest BCUT2D eigenvalue weighted by molar-refractivity contribution is 7.98. The van der Waals surface area contributed by atoms with Crippen LogP contribution in [0.5, 0.6) is 0 Å². The van der Waals surface area contributed by atoms with Crippen molar-refractivity contribution in [2.75, 3.05) is 18.8 Å². The molecule has 0 saturated carbocycles. The lowest BCUT2D eigenvalue weighted by atomic mass is 11.1.